The van der Waals surface area contributed by atoms with Gasteiger partial charge in [-0.3, -0.25) is 10.1 Å². The van der Waals surface area contributed by atoms with Gasteiger partial charge in [0.2, 0.25) is 10.0 Å². The van der Waals surface area contributed by atoms with Crippen molar-refractivity contribution in [2.24, 2.45) is 0 Å². The minimum absolute atomic E-state index is 0.0370. The highest BCUT2D eigenvalue weighted by Gasteiger charge is 2.20. The summed E-state index contributed by atoms with van der Waals surface area (Å²) < 4.78 is 31.1. The van der Waals surface area contributed by atoms with E-state index in [4.69, 9.17) is 0 Å². The van der Waals surface area contributed by atoms with Gasteiger partial charge < -0.3 is 9.84 Å². The second-order valence-corrected chi connectivity index (χ2v) is 5.77. The lowest BCUT2D eigenvalue weighted by Crippen LogP contribution is -2.23. The number of nitrogens with zero attached hydrogens (tertiary/aromatic N) is 2. The predicted octanol–water partition coefficient (Wildman–Crippen LogP) is 1.10. The molecule has 0 spiro atoms. The number of sulfonamides is 1. The summed E-state index contributed by atoms with van der Waals surface area (Å²) in [6.45, 7) is -0.0370. The molecular formula is C11H12N4O5S. The average molecular weight is 312 g/mol. The summed E-state index contributed by atoms with van der Waals surface area (Å²) in [6.07, 6.45) is 1.33. The maximum Gasteiger partial charge on any atom is 0.292 e. The number of anilines is 1. The third-order valence-corrected chi connectivity index (χ3v) is 4.08. The molecule has 0 saturated carbocycles. The molecule has 0 fully saturated rings. The summed E-state index contributed by atoms with van der Waals surface area (Å²) in [4.78, 5) is 10.1. The van der Waals surface area contributed by atoms with Crippen molar-refractivity contribution >= 4 is 21.4 Å². The third kappa shape index (κ3) is 3.35. The molecule has 2 rings (SSSR count). The Labute approximate surface area is 120 Å². The van der Waals surface area contributed by atoms with E-state index in [-0.39, 0.29) is 22.8 Å². The first-order valence-electron chi connectivity index (χ1n) is 5.79. The summed E-state index contributed by atoms with van der Waals surface area (Å²) in [5.41, 5.74) is 0.339. The Balaban J connectivity index is 2.25. The summed E-state index contributed by atoms with van der Waals surface area (Å²) in [7, 11) is -2.33. The molecular weight excluding hydrogens is 300 g/mol. The van der Waals surface area contributed by atoms with Crippen LogP contribution in [0.3, 0.4) is 0 Å². The molecule has 1 aromatic carbocycles. The zero-order valence-corrected chi connectivity index (χ0v) is 11.8. The molecule has 9 nitrogen and oxygen atoms in total. The molecule has 0 radical (unpaired) electrons. The Morgan fingerprint density at radius 1 is 1.38 bits per heavy atom. The maximum atomic E-state index is 12.1. The Kier molecular flexibility index (Phi) is 4.19. The maximum absolute atomic E-state index is 12.1. The van der Waals surface area contributed by atoms with Gasteiger partial charge in [0.05, 0.1) is 22.1 Å². The van der Waals surface area contributed by atoms with Crippen molar-refractivity contribution in [3.63, 3.8) is 0 Å². The predicted molar refractivity (Wildman–Crippen MR) is 73.2 cm³/mol. The van der Waals surface area contributed by atoms with Crippen molar-refractivity contribution in [1.82, 2.24) is 9.88 Å². The molecule has 10 heteroatoms. The van der Waals surface area contributed by atoms with Gasteiger partial charge in [0.1, 0.15) is 12.0 Å². The fraction of sp³-hybridized carbons (Fsp3) is 0.182. The van der Waals surface area contributed by atoms with E-state index in [1.54, 1.807) is 0 Å². The first-order valence-corrected chi connectivity index (χ1v) is 7.27. The lowest BCUT2D eigenvalue weighted by molar-refractivity contribution is -0.384. The molecule has 1 heterocycles. The first-order chi connectivity index (χ1) is 9.94. The van der Waals surface area contributed by atoms with Crippen LogP contribution in [0.1, 0.15) is 5.69 Å². The van der Waals surface area contributed by atoms with E-state index < -0.39 is 14.9 Å². The summed E-state index contributed by atoms with van der Waals surface area (Å²) in [5.74, 6) is 0. The molecule has 0 bridgehead atoms. The molecule has 2 N–H and O–H groups in total. The van der Waals surface area contributed by atoms with Crippen LogP contribution in [0.4, 0.5) is 11.4 Å². The summed E-state index contributed by atoms with van der Waals surface area (Å²) in [6, 6.07) is 5.03. The van der Waals surface area contributed by atoms with Gasteiger partial charge >= 0.3 is 0 Å². The Morgan fingerprint density at radius 3 is 2.71 bits per heavy atom. The third-order valence-electron chi connectivity index (χ3n) is 2.68. The number of benzene rings is 1. The van der Waals surface area contributed by atoms with Crippen molar-refractivity contribution in [3.05, 3.63) is 46.3 Å². The molecule has 0 saturated heterocycles. The van der Waals surface area contributed by atoms with Crippen LogP contribution in [0.15, 0.2) is 39.9 Å². The lowest BCUT2D eigenvalue weighted by atomic mass is 10.3. The minimum atomic E-state index is -3.81. The fourth-order valence-electron chi connectivity index (χ4n) is 1.62. The second-order valence-electron chi connectivity index (χ2n) is 4.00. The smallest absolute Gasteiger partial charge is 0.292 e. The van der Waals surface area contributed by atoms with Crippen LogP contribution in [0.5, 0.6) is 0 Å². The molecule has 21 heavy (non-hydrogen) atoms. The van der Waals surface area contributed by atoms with Gasteiger partial charge in [-0.2, -0.15) is 0 Å². The van der Waals surface area contributed by atoms with Crippen molar-refractivity contribution in [2.75, 3.05) is 12.4 Å². The lowest BCUT2D eigenvalue weighted by Gasteiger charge is -2.07. The van der Waals surface area contributed by atoms with E-state index in [9.17, 15) is 18.5 Å². The van der Waals surface area contributed by atoms with E-state index in [2.05, 4.69) is 19.7 Å². The van der Waals surface area contributed by atoms with Crippen LogP contribution in [-0.4, -0.2) is 25.5 Å². The monoisotopic (exact) mass is 312 g/mol. The van der Waals surface area contributed by atoms with Gasteiger partial charge in [-0.1, -0.05) is 5.16 Å². The quantitative estimate of drug-likeness (QED) is 0.604. The van der Waals surface area contributed by atoms with Crippen LogP contribution in [-0.2, 0) is 16.6 Å². The Hall–Kier alpha value is -2.46. The zero-order chi connectivity index (χ0) is 15.5. The number of nitro benzene ring substituents is 1. The van der Waals surface area contributed by atoms with Gasteiger partial charge in [-0.05, 0) is 12.1 Å². The molecule has 0 atom stereocenters. The number of rotatable bonds is 6. The van der Waals surface area contributed by atoms with Crippen molar-refractivity contribution in [1.29, 1.82) is 0 Å². The highest BCUT2D eigenvalue weighted by molar-refractivity contribution is 7.89. The molecule has 112 valence electrons. The van der Waals surface area contributed by atoms with E-state index in [0.717, 1.165) is 6.07 Å². The average Bonchev–Trinajstić information content (AvgIpc) is 2.97. The van der Waals surface area contributed by atoms with Crippen LogP contribution in [0, 0.1) is 10.1 Å². The first kappa shape index (κ1) is 14.9. The topological polar surface area (TPSA) is 127 Å². The van der Waals surface area contributed by atoms with Crippen molar-refractivity contribution < 1.29 is 17.9 Å². The number of nitro groups is 1. The number of hydrogen-bond acceptors (Lipinski definition) is 7. The van der Waals surface area contributed by atoms with Gasteiger partial charge in [0.25, 0.3) is 5.69 Å². The zero-order valence-electron chi connectivity index (χ0n) is 10.9. The molecule has 0 aliphatic rings. The van der Waals surface area contributed by atoms with Crippen LogP contribution < -0.4 is 10.0 Å². The second kappa shape index (κ2) is 5.89. The van der Waals surface area contributed by atoms with Gasteiger partial charge in [-0.15, -0.1) is 0 Å². The SMILES string of the molecule is CNc1cc(S(=O)(=O)NCc2ccon2)ccc1[N+](=O)[O-]. The highest BCUT2D eigenvalue weighted by Crippen LogP contribution is 2.26. The van der Waals surface area contributed by atoms with Gasteiger partial charge in [0.15, 0.2) is 0 Å². The number of aromatic nitrogens is 1. The number of hydrogen-bond donors (Lipinski definition) is 2. The van der Waals surface area contributed by atoms with Crippen LogP contribution in [0.25, 0.3) is 0 Å². The van der Waals surface area contributed by atoms with E-state index in [1.165, 1.54) is 31.5 Å². The molecule has 2 aromatic rings. The van der Waals surface area contributed by atoms with Gasteiger partial charge in [-0.25, -0.2) is 13.1 Å². The Morgan fingerprint density at radius 2 is 2.14 bits per heavy atom. The molecule has 1 aromatic heterocycles. The van der Waals surface area contributed by atoms with Crippen molar-refractivity contribution in [2.45, 2.75) is 11.4 Å². The molecule has 0 aliphatic carbocycles. The largest absolute Gasteiger partial charge is 0.383 e. The normalized spacial score (nSPS) is 11.3. The molecule has 0 aliphatic heterocycles. The van der Waals surface area contributed by atoms with Gasteiger partial charge in [0, 0.05) is 19.2 Å². The Bertz CT molecular complexity index is 742. The van der Waals surface area contributed by atoms with E-state index in [1.807, 2.05) is 0 Å². The van der Waals surface area contributed by atoms with Crippen LogP contribution >= 0.6 is 0 Å². The summed E-state index contributed by atoms with van der Waals surface area (Å²) >= 11 is 0. The van der Waals surface area contributed by atoms with Crippen LogP contribution in [0.2, 0.25) is 0 Å². The summed E-state index contributed by atoms with van der Waals surface area (Å²) in [5, 5.41) is 17.0. The van der Waals surface area contributed by atoms with Crippen molar-refractivity contribution in [3.8, 4) is 0 Å². The fourth-order valence-corrected chi connectivity index (χ4v) is 2.65. The minimum Gasteiger partial charge on any atom is -0.383 e. The highest BCUT2D eigenvalue weighted by atomic mass is 32.2. The standard InChI is InChI=1S/C11H12N4O5S/c1-12-10-6-9(2-3-11(10)15(16)17)21(18,19)13-7-8-4-5-20-14-8/h2-6,12-13H,7H2,1H3. The van der Waals surface area contributed by atoms with E-state index >= 15 is 0 Å². The number of nitrogens with one attached hydrogen (secondary N) is 2. The molecule has 0 unspecified atom stereocenters. The van der Waals surface area contributed by atoms with E-state index in [0.29, 0.717) is 5.69 Å². The molecule has 0 amide bonds.